The van der Waals surface area contributed by atoms with Crippen LogP contribution in [0.15, 0.2) is 22.7 Å². The van der Waals surface area contributed by atoms with Gasteiger partial charge in [-0.3, -0.25) is 9.59 Å². The zero-order chi connectivity index (χ0) is 15.0. The first kappa shape index (κ1) is 14.6. The molecule has 0 unspecified atom stereocenters. The molecular formula is C16H19BrN2O2. The van der Waals surface area contributed by atoms with Gasteiger partial charge in [0.15, 0.2) is 0 Å². The van der Waals surface area contributed by atoms with Crippen LogP contribution in [0, 0.1) is 12.3 Å². The van der Waals surface area contributed by atoms with Crippen molar-refractivity contribution in [1.82, 2.24) is 10.2 Å². The average Bonchev–Trinajstić information content (AvgIpc) is 2.83. The van der Waals surface area contributed by atoms with Gasteiger partial charge in [-0.15, -0.1) is 0 Å². The van der Waals surface area contributed by atoms with Gasteiger partial charge in [-0.25, -0.2) is 0 Å². The molecular weight excluding hydrogens is 332 g/mol. The van der Waals surface area contributed by atoms with E-state index in [0.717, 1.165) is 48.1 Å². The summed E-state index contributed by atoms with van der Waals surface area (Å²) in [6.45, 7) is 4.20. The zero-order valence-electron chi connectivity index (χ0n) is 12.1. The minimum absolute atomic E-state index is 0.0835. The summed E-state index contributed by atoms with van der Waals surface area (Å²) < 4.78 is 0.965. The summed E-state index contributed by atoms with van der Waals surface area (Å²) in [4.78, 5) is 26.0. The Bertz CT molecular complexity index is 592. The highest BCUT2D eigenvalue weighted by Crippen LogP contribution is 2.37. The molecule has 1 aromatic carbocycles. The molecule has 2 amide bonds. The second-order valence-electron chi connectivity index (χ2n) is 6.16. The lowest BCUT2D eigenvalue weighted by Gasteiger charge is -2.38. The van der Waals surface area contributed by atoms with Crippen LogP contribution in [-0.2, 0) is 4.79 Å². The number of rotatable bonds is 1. The number of carbonyl (C=O) groups is 2. The first-order valence-electron chi connectivity index (χ1n) is 7.32. The quantitative estimate of drug-likeness (QED) is 0.845. The van der Waals surface area contributed by atoms with Crippen molar-refractivity contribution in [3.8, 4) is 0 Å². The Morgan fingerprint density at radius 2 is 2.05 bits per heavy atom. The van der Waals surface area contributed by atoms with E-state index in [4.69, 9.17) is 0 Å². The highest BCUT2D eigenvalue weighted by Gasteiger charge is 2.41. The van der Waals surface area contributed by atoms with E-state index in [0.29, 0.717) is 6.42 Å². The molecule has 1 N–H and O–H groups in total. The lowest BCUT2D eigenvalue weighted by Crippen LogP contribution is -2.44. The Hall–Kier alpha value is -1.36. The van der Waals surface area contributed by atoms with Gasteiger partial charge in [-0.2, -0.15) is 0 Å². The number of carbonyl (C=O) groups excluding carboxylic acids is 2. The van der Waals surface area contributed by atoms with E-state index < -0.39 is 0 Å². The van der Waals surface area contributed by atoms with Crippen molar-refractivity contribution in [2.45, 2.75) is 26.2 Å². The number of piperidine rings is 1. The summed E-state index contributed by atoms with van der Waals surface area (Å²) in [5.74, 6) is 0.249. The molecule has 1 spiro atoms. The van der Waals surface area contributed by atoms with Gasteiger partial charge in [-0.05, 0) is 42.9 Å². The van der Waals surface area contributed by atoms with Crippen LogP contribution in [0.25, 0.3) is 0 Å². The molecule has 5 heteroatoms. The zero-order valence-corrected chi connectivity index (χ0v) is 13.7. The van der Waals surface area contributed by atoms with Gasteiger partial charge in [0.2, 0.25) is 5.91 Å². The van der Waals surface area contributed by atoms with Gasteiger partial charge in [0.05, 0.1) is 0 Å². The molecule has 0 radical (unpaired) electrons. The molecule has 2 saturated heterocycles. The maximum Gasteiger partial charge on any atom is 0.254 e. The van der Waals surface area contributed by atoms with E-state index >= 15 is 0 Å². The summed E-state index contributed by atoms with van der Waals surface area (Å²) in [5, 5.41) is 2.92. The molecule has 1 aromatic rings. The lowest BCUT2D eigenvalue weighted by molar-refractivity contribution is -0.119. The van der Waals surface area contributed by atoms with Crippen molar-refractivity contribution in [2.24, 2.45) is 5.41 Å². The number of hydrogen-bond donors (Lipinski definition) is 1. The second-order valence-corrected chi connectivity index (χ2v) is 7.01. The van der Waals surface area contributed by atoms with Gasteiger partial charge in [0, 0.05) is 36.1 Å². The molecule has 2 fully saturated rings. The van der Waals surface area contributed by atoms with Gasteiger partial charge in [0.25, 0.3) is 5.91 Å². The number of nitrogens with one attached hydrogen (secondary N) is 1. The third kappa shape index (κ3) is 2.71. The van der Waals surface area contributed by atoms with Crippen LogP contribution in [0.2, 0.25) is 0 Å². The minimum Gasteiger partial charge on any atom is -0.356 e. The Kier molecular flexibility index (Phi) is 3.78. The van der Waals surface area contributed by atoms with Crippen LogP contribution in [0.4, 0.5) is 0 Å². The Labute approximate surface area is 133 Å². The number of nitrogens with zero attached hydrogens (tertiary/aromatic N) is 1. The van der Waals surface area contributed by atoms with Crippen molar-refractivity contribution >= 4 is 27.7 Å². The van der Waals surface area contributed by atoms with E-state index in [9.17, 15) is 9.59 Å². The van der Waals surface area contributed by atoms with E-state index in [1.54, 1.807) is 0 Å². The maximum absolute atomic E-state index is 12.7. The smallest absolute Gasteiger partial charge is 0.254 e. The fourth-order valence-electron chi connectivity index (χ4n) is 3.30. The molecule has 3 rings (SSSR count). The topological polar surface area (TPSA) is 49.4 Å². The van der Waals surface area contributed by atoms with Gasteiger partial charge < -0.3 is 10.2 Å². The number of benzene rings is 1. The summed E-state index contributed by atoms with van der Waals surface area (Å²) in [6.07, 6.45) is 2.43. The number of amides is 2. The van der Waals surface area contributed by atoms with Crippen LogP contribution >= 0.6 is 15.9 Å². The third-order valence-electron chi connectivity index (χ3n) is 4.81. The molecule has 21 heavy (non-hydrogen) atoms. The molecule has 0 bridgehead atoms. The standard InChI is InChI=1S/C16H19BrN2O2/c1-11-12(3-2-4-13(11)17)15(21)19-7-5-16(6-8-19)9-14(20)18-10-16/h2-4H,5-10H2,1H3,(H,18,20). The van der Waals surface area contributed by atoms with Gasteiger partial charge in [-0.1, -0.05) is 22.0 Å². The summed E-state index contributed by atoms with van der Waals surface area (Å²) in [5.41, 5.74) is 1.83. The van der Waals surface area contributed by atoms with Crippen molar-refractivity contribution in [1.29, 1.82) is 0 Å². The highest BCUT2D eigenvalue weighted by molar-refractivity contribution is 9.10. The number of halogens is 1. The molecule has 0 aromatic heterocycles. The number of likely N-dealkylation sites (tertiary alicyclic amines) is 1. The van der Waals surface area contributed by atoms with Crippen LogP contribution in [0.5, 0.6) is 0 Å². The maximum atomic E-state index is 12.7. The van der Waals surface area contributed by atoms with Gasteiger partial charge >= 0.3 is 0 Å². The van der Waals surface area contributed by atoms with Crippen LogP contribution < -0.4 is 5.32 Å². The number of hydrogen-bond acceptors (Lipinski definition) is 2. The highest BCUT2D eigenvalue weighted by atomic mass is 79.9. The van der Waals surface area contributed by atoms with Crippen LogP contribution in [-0.4, -0.2) is 36.3 Å². The predicted octanol–water partition coefficient (Wildman–Crippen LogP) is 2.50. The molecule has 0 aliphatic carbocycles. The third-order valence-corrected chi connectivity index (χ3v) is 5.66. The first-order valence-corrected chi connectivity index (χ1v) is 8.11. The predicted molar refractivity (Wildman–Crippen MR) is 84.1 cm³/mol. The van der Waals surface area contributed by atoms with E-state index in [2.05, 4.69) is 21.2 Å². The molecule has 0 saturated carbocycles. The summed E-state index contributed by atoms with van der Waals surface area (Å²) in [7, 11) is 0. The van der Waals surface area contributed by atoms with Crippen molar-refractivity contribution in [3.63, 3.8) is 0 Å². The molecule has 2 heterocycles. The Morgan fingerprint density at radius 3 is 2.67 bits per heavy atom. The van der Waals surface area contributed by atoms with E-state index in [-0.39, 0.29) is 17.2 Å². The average molecular weight is 351 g/mol. The molecule has 2 aliphatic heterocycles. The van der Waals surface area contributed by atoms with Gasteiger partial charge in [0.1, 0.15) is 0 Å². The Balaban J connectivity index is 1.71. The fraction of sp³-hybridized carbons (Fsp3) is 0.500. The fourth-order valence-corrected chi connectivity index (χ4v) is 3.67. The molecule has 4 nitrogen and oxygen atoms in total. The van der Waals surface area contributed by atoms with Crippen molar-refractivity contribution < 1.29 is 9.59 Å². The monoisotopic (exact) mass is 350 g/mol. The summed E-state index contributed by atoms with van der Waals surface area (Å²) in [6, 6.07) is 5.73. The molecule has 2 aliphatic rings. The van der Waals surface area contributed by atoms with Crippen LogP contribution in [0.1, 0.15) is 35.2 Å². The normalized spacial score (nSPS) is 20.7. The van der Waals surface area contributed by atoms with E-state index in [1.807, 2.05) is 30.0 Å². The van der Waals surface area contributed by atoms with Crippen LogP contribution in [0.3, 0.4) is 0 Å². The van der Waals surface area contributed by atoms with Crippen molar-refractivity contribution in [3.05, 3.63) is 33.8 Å². The Morgan fingerprint density at radius 1 is 1.33 bits per heavy atom. The molecule has 112 valence electrons. The SMILES string of the molecule is Cc1c(Br)cccc1C(=O)N1CCC2(CC1)CNC(=O)C2. The largest absolute Gasteiger partial charge is 0.356 e. The minimum atomic E-state index is 0.0835. The first-order chi connectivity index (χ1) is 10.0. The molecule has 0 atom stereocenters. The van der Waals surface area contributed by atoms with E-state index in [1.165, 1.54) is 0 Å². The lowest BCUT2D eigenvalue weighted by atomic mass is 9.77. The van der Waals surface area contributed by atoms with Crippen molar-refractivity contribution in [2.75, 3.05) is 19.6 Å². The second kappa shape index (κ2) is 5.44. The summed E-state index contributed by atoms with van der Waals surface area (Å²) >= 11 is 3.48.